The summed E-state index contributed by atoms with van der Waals surface area (Å²) in [7, 11) is 0. The first kappa shape index (κ1) is 15.2. The molecule has 2 rings (SSSR count). The standard InChI is InChI=1S/C10H9N.C6H12O2/c1-8-6-7-11-10-5-3-2-4-9(8)10;1-3-5-6(7)8-4-2/h2-7H,1H3;3-5H2,1-2H3. The Kier molecular flexibility index (Phi) is 6.58. The van der Waals surface area contributed by atoms with E-state index in [1.54, 1.807) is 0 Å². The number of nitrogens with zero attached hydrogens (tertiary/aromatic N) is 1. The molecule has 0 aliphatic carbocycles. The van der Waals surface area contributed by atoms with Crippen LogP contribution in [-0.2, 0) is 9.53 Å². The van der Waals surface area contributed by atoms with E-state index in [-0.39, 0.29) is 5.97 Å². The van der Waals surface area contributed by atoms with E-state index in [9.17, 15) is 4.79 Å². The summed E-state index contributed by atoms with van der Waals surface area (Å²) in [6.07, 6.45) is 3.27. The number of rotatable bonds is 3. The van der Waals surface area contributed by atoms with Gasteiger partial charge in [-0.1, -0.05) is 25.1 Å². The normalized spacial score (nSPS) is 9.63. The molecule has 19 heavy (non-hydrogen) atoms. The molecule has 0 N–H and O–H groups in total. The van der Waals surface area contributed by atoms with Crippen LogP contribution in [0.2, 0.25) is 0 Å². The van der Waals surface area contributed by atoms with Gasteiger partial charge in [-0.25, -0.2) is 0 Å². The maximum Gasteiger partial charge on any atom is 0.305 e. The molecule has 1 aromatic heterocycles. The smallest absolute Gasteiger partial charge is 0.305 e. The van der Waals surface area contributed by atoms with E-state index in [0.29, 0.717) is 13.0 Å². The van der Waals surface area contributed by atoms with Gasteiger partial charge >= 0.3 is 5.97 Å². The minimum Gasteiger partial charge on any atom is -0.466 e. The maximum absolute atomic E-state index is 10.4. The molecule has 0 fully saturated rings. The topological polar surface area (TPSA) is 39.2 Å². The lowest BCUT2D eigenvalue weighted by Gasteiger charge is -1.97. The number of hydrogen-bond acceptors (Lipinski definition) is 3. The third-order valence-corrected chi connectivity index (χ3v) is 2.63. The zero-order chi connectivity index (χ0) is 14.1. The molecular weight excluding hydrogens is 238 g/mol. The lowest BCUT2D eigenvalue weighted by Crippen LogP contribution is -2.01. The molecule has 0 bridgehead atoms. The number of para-hydroxylation sites is 1. The highest BCUT2D eigenvalue weighted by Gasteiger charge is 1.95. The molecule has 0 saturated heterocycles. The van der Waals surface area contributed by atoms with Crippen molar-refractivity contribution in [3.8, 4) is 0 Å². The molecule has 0 aliphatic heterocycles. The van der Waals surface area contributed by atoms with Gasteiger partial charge in [-0.05, 0) is 38.0 Å². The van der Waals surface area contributed by atoms with Gasteiger partial charge in [0.2, 0.25) is 0 Å². The molecule has 0 saturated carbocycles. The highest BCUT2D eigenvalue weighted by Crippen LogP contribution is 2.13. The number of benzene rings is 1. The van der Waals surface area contributed by atoms with Gasteiger partial charge < -0.3 is 4.74 Å². The van der Waals surface area contributed by atoms with Crippen molar-refractivity contribution in [3.05, 3.63) is 42.1 Å². The molecule has 3 heteroatoms. The first-order valence-electron chi connectivity index (χ1n) is 6.65. The van der Waals surface area contributed by atoms with E-state index in [1.165, 1.54) is 10.9 Å². The van der Waals surface area contributed by atoms with Crippen molar-refractivity contribution in [2.24, 2.45) is 0 Å². The Balaban J connectivity index is 0.000000203. The fourth-order valence-corrected chi connectivity index (χ4v) is 1.68. The van der Waals surface area contributed by atoms with Crippen molar-refractivity contribution < 1.29 is 9.53 Å². The average Bonchev–Trinajstić information content (AvgIpc) is 2.41. The number of ether oxygens (including phenoxy) is 1. The SMILES string of the molecule is CCCC(=O)OCC.Cc1ccnc2ccccc12. The van der Waals surface area contributed by atoms with Crippen LogP contribution in [0.15, 0.2) is 36.5 Å². The number of aromatic nitrogens is 1. The Morgan fingerprint density at radius 1 is 1.21 bits per heavy atom. The number of esters is 1. The summed E-state index contributed by atoms with van der Waals surface area (Å²) >= 11 is 0. The third-order valence-electron chi connectivity index (χ3n) is 2.63. The highest BCUT2D eigenvalue weighted by atomic mass is 16.5. The van der Waals surface area contributed by atoms with Gasteiger partial charge in [0.05, 0.1) is 12.1 Å². The predicted octanol–water partition coefficient (Wildman–Crippen LogP) is 3.89. The third kappa shape index (κ3) is 5.08. The molecule has 1 aromatic carbocycles. The summed E-state index contributed by atoms with van der Waals surface area (Å²) in [4.78, 5) is 14.7. The van der Waals surface area contributed by atoms with Gasteiger partial charge in [-0.15, -0.1) is 0 Å². The second-order valence-electron chi connectivity index (χ2n) is 4.20. The molecule has 0 atom stereocenters. The number of aryl methyl sites for hydroxylation is 1. The molecule has 0 unspecified atom stereocenters. The van der Waals surface area contributed by atoms with E-state index in [0.717, 1.165) is 11.9 Å². The first-order valence-corrected chi connectivity index (χ1v) is 6.65. The monoisotopic (exact) mass is 259 g/mol. The zero-order valence-electron chi connectivity index (χ0n) is 11.8. The average molecular weight is 259 g/mol. The second-order valence-corrected chi connectivity index (χ2v) is 4.20. The maximum atomic E-state index is 10.4. The minimum atomic E-state index is -0.0880. The molecule has 102 valence electrons. The van der Waals surface area contributed by atoms with E-state index in [2.05, 4.69) is 22.7 Å². The predicted molar refractivity (Wildman–Crippen MR) is 78.0 cm³/mol. The Labute approximate surface area is 114 Å². The lowest BCUT2D eigenvalue weighted by atomic mass is 10.1. The van der Waals surface area contributed by atoms with Crippen molar-refractivity contribution in [2.45, 2.75) is 33.6 Å². The number of carbonyl (C=O) groups is 1. The summed E-state index contributed by atoms with van der Waals surface area (Å²) in [5, 5.41) is 1.25. The molecule has 1 heterocycles. The van der Waals surface area contributed by atoms with Crippen LogP contribution in [0.3, 0.4) is 0 Å². The van der Waals surface area contributed by atoms with Crippen molar-refractivity contribution >= 4 is 16.9 Å². The molecular formula is C16H21NO2. The van der Waals surface area contributed by atoms with E-state index in [1.807, 2.05) is 44.3 Å². The summed E-state index contributed by atoms with van der Waals surface area (Å²) in [5.74, 6) is -0.0880. The van der Waals surface area contributed by atoms with Gasteiger partial charge in [0.15, 0.2) is 0 Å². The van der Waals surface area contributed by atoms with Crippen molar-refractivity contribution in [2.75, 3.05) is 6.61 Å². The van der Waals surface area contributed by atoms with Gasteiger partial charge in [-0.3, -0.25) is 9.78 Å². The minimum absolute atomic E-state index is 0.0880. The van der Waals surface area contributed by atoms with Crippen LogP contribution in [0.4, 0.5) is 0 Å². The van der Waals surface area contributed by atoms with Gasteiger partial charge in [0.25, 0.3) is 0 Å². The molecule has 0 radical (unpaired) electrons. The van der Waals surface area contributed by atoms with Crippen molar-refractivity contribution in [3.63, 3.8) is 0 Å². The Bertz CT molecular complexity index is 510. The zero-order valence-corrected chi connectivity index (χ0v) is 11.8. The van der Waals surface area contributed by atoms with Crippen LogP contribution >= 0.6 is 0 Å². The Morgan fingerprint density at radius 3 is 2.58 bits per heavy atom. The van der Waals surface area contributed by atoms with Gasteiger partial charge in [-0.2, -0.15) is 0 Å². The quantitative estimate of drug-likeness (QED) is 0.785. The number of fused-ring (bicyclic) bond motifs is 1. The molecule has 0 aliphatic rings. The summed E-state index contributed by atoms with van der Waals surface area (Å²) < 4.78 is 4.64. The number of carbonyl (C=O) groups excluding carboxylic acids is 1. The van der Waals surface area contributed by atoms with E-state index < -0.39 is 0 Å². The lowest BCUT2D eigenvalue weighted by molar-refractivity contribution is -0.143. The fraction of sp³-hybridized carbons (Fsp3) is 0.375. The van der Waals surface area contributed by atoms with Crippen LogP contribution < -0.4 is 0 Å². The van der Waals surface area contributed by atoms with Crippen molar-refractivity contribution in [1.29, 1.82) is 0 Å². The highest BCUT2D eigenvalue weighted by molar-refractivity contribution is 5.81. The van der Waals surface area contributed by atoms with Crippen LogP contribution in [0.1, 0.15) is 32.3 Å². The largest absolute Gasteiger partial charge is 0.466 e. The van der Waals surface area contributed by atoms with Crippen LogP contribution in [0, 0.1) is 6.92 Å². The second kappa shape index (κ2) is 8.25. The summed E-state index contributed by atoms with van der Waals surface area (Å²) in [6, 6.07) is 10.2. The van der Waals surface area contributed by atoms with Gasteiger partial charge in [0, 0.05) is 18.0 Å². The fourth-order valence-electron chi connectivity index (χ4n) is 1.68. The van der Waals surface area contributed by atoms with Gasteiger partial charge in [0.1, 0.15) is 0 Å². The van der Waals surface area contributed by atoms with E-state index >= 15 is 0 Å². The number of hydrogen-bond donors (Lipinski definition) is 0. The molecule has 0 amide bonds. The van der Waals surface area contributed by atoms with Crippen LogP contribution in [0.25, 0.3) is 10.9 Å². The molecule has 2 aromatic rings. The van der Waals surface area contributed by atoms with Crippen LogP contribution in [-0.4, -0.2) is 17.6 Å². The Hall–Kier alpha value is -1.90. The molecule has 3 nitrogen and oxygen atoms in total. The Morgan fingerprint density at radius 2 is 1.95 bits per heavy atom. The summed E-state index contributed by atoms with van der Waals surface area (Å²) in [6.45, 7) is 6.37. The van der Waals surface area contributed by atoms with Crippen molar-refractivity contribution in [1.82, 2.24) is 4.98 Å². The number of pyridine rings is 1. The van der Waals surface area contributed by atoms with Crippen LogP contribution in [0.5, 0.6) is 0 Å². The molecule has 0 spiro atoms. The summed E-state index contributed by atoms with van der Waals surface area (Å²) in [5.41, 5.74) is 2.36. The first-order chi connectivity index (χ1) is 9.19. The van der Waals surface area contributed by atoms with E-state index in [4.69, 9.17) is 0 Å².